The smallest absolute Gasteiger partial charge is 0.252 e. The molecule has 0 spiro atoms. The third-order valence-electron chi connectivity index (χ3n) is 4.97. The van der Waals surface area contributed by atoms with E-state index in [1.165, 1.54) is 15.6 Å². The van der Waals surface area contributed by atoms with Crippen LogP contribution in [0.5, 0.6) is 0 Å². The normalized spacial score (nSPS) is 17.5. The average Bonchev–Trinajstić information content (AvgIpc) is 3.23. The summed E-state index contributed by atoms with van der Waals surface area (Å²) in [5, 5.41) is 4.92. The van der Waals surface area contributed by atoms with Crippen molar-refractivity contribution in [2.75, 3.05) is 26.8 Å². The van der Waals surface area contributed by atoms with Crippen LogP contribution in [-0.2, 0) is 14.8 Å². The molecule has 1 aromatic carbocycles. The van der Waals surface area contributed by atoms with Crippen molar-refractivity contribution in [2.24, 2.45) is 0 Å². The summed E-state index contributed by atoms with van der Waals surface area (Å²) in [4.78, 5) is 12.7. The number of methoxy groups -OCH3 is 1. The molecule has 146 valence electrons. The summed E-state index contributed by atoms with van der Waals surface area (Å²) in [5.74, 6) is -0.138. The van der Waals surface area contributed by atoms with Crippen molar-refractivity contribution < 1.29 is 17.9 Å². The Kier molecular flexibility index (Phi) is 6.31. The summed E-state index contributed by atoms with van der Waals surface area (Å²) in [6.45, 7) is 1.25. The van der Waals surface area contributed by atoms with Crippen LogP contribution in [-0.4, -0.2) is 51.0 Å². The van der Waals surface area contributed by atoms with E-state index in [-0.39, 0.29) is 5.91 Å². The molecule has 6 nitrogen and oxygen atoms in total. The van der Waals surface area contributed by atoms with Gasteiger partial charge >= 0.3 is 0 Å². The number of nitrogens with one attached hydrogen (secondary N) is 1. The van der Waals surface area contributed by atoms with Crippen molar-refractivity contribution in [3.8, 4) is 0 Å². The Morgan fingerprint density at radius 1 is 1.19 bits per heavy atom. The van der Waals surface area contributed by atoms with E-state index in [1.54, 1.807) is 36.8 Å². The number of ether oxygens (including phenoxy) is 1. The van der Waals surface area contributed by atoms with Crippen molar-refractivity contribution >= 4 is 27.3 Å². The number of carbonyl (C=O) groups is 1. The van der Waals surface area contributed by atoms with Gasteiger partial charge in [-0.2, -0.15) is 4.31 Å². The molecule has 2 heterocycles. The third-order valence-corrected chi connectivity index (χ3v) is 8.24. The molecule has 0 radical (unpaired) electrons. The van der Waals surface area contributed by atoms with E-state index in [1.807, 2.05) is 18.2 Å². The molecule has 1 saturated heterocycles. The van der Waals surface area contributed by atoms with E-state index < -0.39 is 15.6 Å². The topological polar surface area (TPSA) is 75.7 Å². The fourth-order valence-corrected chi connectivity index (χ4v) is 5.92. The standard InChI is InChI=1S/C19H24N2O4S2/c1-25-14-11-19(20-18(22)16-6-3-2-4-7-16)9-12-21(13-10-19)27(23,24)17-8-5-15-26-17/h2-8,15H,9-14H2,1H3,(H,20,22). The van der Waals surface area contributed by atoms with Gasteiger partial charge in [0, 0.05) is 37.9 Å². The lowest BCUT2D eigenvalue weighted by Crippen LogP contribution is -2.56. The van der Waals surface area contributed by atoms with Crippen LogP contribution in [0, 0.1) is 0 Å². The van der Waals surface area contributed by atoms with Gasteiger partial charge in [0.25, 0.3) is 15.9 Å². The molecule has 1 aliphatic rings. The van der Waals surface area contributed by atoms with Gasteiger partial charge in [-0.15, -0.1) is 11.3 Å². The minimum Gasteiger partial charge on any atom is -0.385 e. The van der Waals surface area contributed by atoms with Gasteiger partial charge in [-0.3, -0.25) is 4.79 Å². The van der Waals surface area contributed by atoms with E-state index in [9.17, 15) is 13.2 Å². The van der Waals surface area contributed by atoms with Crippen LogP contribution in [0.15, 0.2) is 52.1 Å². The minimum absolute atomic E-state index is 0.138. The number of carbonyl (C=O) groups excluding carboxylic acids is 1. The molecule has 1 aliphatic heterocycles. The number of hydrogen-bond donors (Lipinski definition) is 1. The SMILES string of the molecule is COCCC1(NC(=O)c2ccccc2)CCN(S(=O)(=O)c2cccs2)CC1. The fraction of sp³-hybridized carbons (Fsp3) is 0.421. The summed E-state index contributed by atoms with van der Waals surface area (Å²) in [6, 6.07) is 12.4. The highest BCUT2D eigenvalue weighted by Crippen LogP contribution is 2.31. The number of hydrogen-bond acceptors (Lipinski definition) is 5. The summed E-state index contributed by atoms with van der Waals surface area (Å²) in [6.07, 6.45) is 1.76. The van der Waals surface area contributed by atoms with Crippen molar-refractivity contribution in [3.63, 3.8) is 0 Å². The largest absolute Gasteiger partial charge is 0.385 e. The molecular weight excluding hydrogens is 384 g/mol. The average molecular weight is 409 g/mol. The Morgan fingerprint density at radius 3 is 2.48 bits per heavy atom. The second-order valence-electron chi connectivity index (χ2n) is 6.68. The highest BCUT2D eigenvalue weighted by atomic mass is 32.2. The first-order valence-electron chi connectivity index (χ1n) is 8.87. The number of piperidine rings is 1. The number of sulfonamides is 1. The van der Waals surface area contributed by atoms with Crippen LogP contribution in [0.25, 0.3) is 0 Å². The van der Waals surface area contributed by atoms with E-state index in [2.05, 4.69) is 5.32 Å². The van der Waals surface area contributed by atoms with Gasteiger partial charge < -0.3 is 10.1 Å². The predicted molar refractivity (Wildman–Crippen MR) is 105 cm³/mol. The maximum absolute atomic E-state index is 12.7. The van der Waals surface area contributed by atoms with Gasteiger partial charge in [0.2, 0.25) is 0 Å². The van der Waals surface area contributed by atoms with Gasteiger partial charge in [0.1, 0.15) is 4.21 Å². The fourth-order valence-electron chi connectivity index (χ4n) is 3.33. The molecule has 0 aliphatic carbocycles. The zero-order valence-electron chi connectivity index (χ0n) is 15.3. The lowest BCUT2D eigenvalue weighted by molar-refractivity contribution is 0.0783. The Bertz CT molecular complexity index is 843. The number of rotatable bonds is 7. The molecule has 0 saturated carbocycles. The molecule has 3 rings (SSSR count). The second kappa shape index (κ2) is 8.52. The van der Waals surface area contributed by atoms with Crippen molar-refractivity contribution in [2.45, 2.75) is 29.0 Å². The minimum atomic E-state index is -3.46. The van der Waals surface area contributed by atoms with Gasteiger partial charge in [0.05, 0.1) is 0 Å². The van der Waals surface area contributed by atoms with Crippen LogP contribution >= 0.6 is 11.3 Å². The van der Waals surface area contributed by atoms with E-state index in [0.29, 0.717) is 48.7 Å². The Hall–Kier alpha value is -1.74. The van der Waals surface area contributed by atoms with Crippen molar-refractivity contribution in [1.29, 1.82) is 0 Å². The van der Waals surface area contributed by atoms with Crippen molar-refractivity contribution in [1.82, 2.24) is 9.62 Å². The van der Waals surface area contributed by atoms with Gasteiger partial charge in [-0.1, -0.05) is 24.3 Å². The molecule has 0 atom stereocenters. The van der Waals surface area contributed by atoms with Crippen LogP contribution < -0.4 is 5.32 Å². The Labute approximate surface area is 164 Å². The molecule has 1 amide bonds. The van der Waals surface area contributed by atoms with E-state index in [0.717, 1.165) is 0 Å². The monoisotopic (exact) mass is 408 g/mol. The zero-order valence-corrected chi connectivity index (χ0v) is 16.9. The number of benzene rings is 1. The van der Waals surface area contributed by atoms with Gasteiger partial charge in [-0.25, -0.2) is 8.42 Å². The molecule has 1 fully saturated rings. The molecule has 0 bridgehead atoms. The third kappa shape index (κ3) is 4.57. The summed E-state index contributed by atoms with van der Waals surface area (Å²) in [5.41, 5.74) is 0.132. The van der Waals surface area contributed by atoms with E-state index >= 15 is 0 Å². The maximum atomic E-state index is 12.7. The van der Waals surface area contributed by atoms with E-state index in [4.69, 9.17) is 4.74 Å². The van der Waals surface area contributed by atoms with Crippen LogP contribution in [0.4, 0.5) is 0 Å². The molecule has 2 aromatic rings. The zero-order chi connectivity index (χ0) is 19.3. The number of amides is 1. The molecule has 1 aromatic heterocycles. The number of nitrogens with zero attached hydrogens (tertiary/aromatic N) is 1. The van der Waals surface area contributed by atoms with Crippen LogP contribution in [0.1, 0.15) is 29.6 Å². The number of thiophene rings is 1. The van der Waals surface area contributed by atoms with Crippen LogP contribution in [0.3, 0.4) is 0 Å². The first kappa shape index (κ1) is 20.0. The Morgan fingerprint density at radius 2 is 1.89 bits per heavy atom. The maximum Gasteiger partial charge on any atom is 0.252 e. The lowest BCUT2D eigenvalue weighted by atomic mass is 9.85. The second-order valence-corrected chi connectivity index (χ2v) is 9.79. The molecular formula is C19H24N2O4S2. The molecule has 27 heavy (non-hydrogen) atoms. The predicted octanol–water partition coefficient (Wildman–Crippen LogP) is 2.74. The lowest BCUT2D eigenvalue weighted by Gasteiger charge is -2.41. The molecule has 8 heteroatoms. The van der Waals surface area contributed by atoms with Crippen LogP contribution in [0.2, 0.25) is 0 Å². The quantitative estimate of drug-likeness (QED) is 0.764. The highest BCUT2D eigenvalue weighted by Gasteiger charge is 2.39. The highest BCUT2D eigenvalue weighted by molar-refractivity contribution is 7.91. The van der Waals surface area contributed by atoms with Gasteiger partial charge in [-0.05, 0) is 42.8 Å². The molecule has 1 N–H and O–H groups in total. The van der Waals surface area contributed by atoms with Crippen molar-refractivity contribution in [3.05, 3.63) is 53.4 Å². The summed E-state index contributed by atoms with van der Waals surface area (Å²) in [7, 11) is -1.83. The summed E-state index contributed by atoms with van der Waals surface area (Å²) < 4.78 is 32.6. The first-order valence-corrected chi connectivity index (χ1v) is 11.2. The first-order chi connectivity index (χ1) is 13.0. The molecule has 0 unspecified atom stereocenters. The van der Waals surface area contributed by atoms with Gasteiger partial charge in [0.15, 0.2) is 0 Å². The Balaban J connectivity index is 1.72. The summed E-state index contributed by atoms with van der Waals surface area (Å²) >= 11 is 1.23.